The summed E-state index contributed by atoms with van der Waals surface area (Å²) in [5.74, 6) is -1.45. The smallest absolute Gasteiger partial charge is 0.337 e. The summed E-state index contributed by atoms with van der Waals surface area (Å²) in [7, 11) is 0. The molecule has 0 atom stereocenters. The van der Waals surface area contributed by atoms with E-state index in [1.54, 1.807) is 0 Å². The van der Waals surface area contributed by atoms with Gasteiger partial charge in [-0.05, 0) is 29.8 Å². The van der Waals surface area contributed by atoms with Gasteiger partial charge in [0.15, 0.2) is 0 Å². The second-order valence-electron chi connectivity index (χ2n) is 5.78. The van der Waals surface area contributed by atoms with Crippen molar-refractivity contribution >= 4 is 17.6 Å². The molecule has 25 heavy (non-hydrogen) atoms. The van der Waals surface area contributed by atoms with Crippen LogP contribution in [0.4, 0.5) is 5.69 Å². The van der Waals surface area contributed by atoms with Crippen LogP contribution in [0.5, 0.6) is 0 Å². The van der Waals surface area contributed by atoms with E-state index in [1.807, 2.05) is 24.3 Å². The molecule has 1 aliphatic heterocycles. The number of nitrogens with zero attached hydrogens (tertiary/aromatic N) is 2. The van der Waals surface area contributed by atoms with Gasteiger partial charge in [0, 0.05) is 31.5 Å². The van der Waals surface area contributed by atoms with E-state index >= 15 is 0 Å². The number of aromatic nitrogens is 1. The highest BCUT2D eigenvalue weighted by molar-refractivity contribution is 6.03. The maximum atomic E-state index is 12.2. The number of hydrogen-bond acceptors (Lipinski definition) is 5. The van der Waals surface area contributed by atoms with Gasteiger partial charge in [0.05, 0.1) is 18.8 Å². The maximum Gasteiger partial charge on any atom is 0.337 e. The first kappa shape index (κ1) is 17.1. The molecule has 7 heteroatoms. The number of pyridine rings is 1. The monoisotopic (exact) mass is 341 g/mol. The first-order valence-corrected chi connectivity index (χ1v) is 8.01. The minimum atomic E-state index is -1.07. The van der Waals surface area contributed by atoms with Crippen LogP contribution >= 0.6 is 0 Å². The molecule has 1 aromatic carbocycles. The fourth-order valence-electron chi connectivity index (χ4n) is 2.56. The number of morpholine rings is 1. The summed E-state index contributed by atoms with van der Waals surface area (Å²) in [5, 5.41) is 11.6. The molecule has 0 aliphatic carbocycles. The third-order valence-corrected chi connectivity index (χ3v) is 3.96. The first-order valence-electron chi connectivity index (χ1n) is 8.01. The second-order valence-corrected chi connectivity index (χ2v) is 5.78. The SMILES string of the molecule is O=C(O)c1ccc(C(=O)Nc2ccc(CN3CCOCC3)cc2)nc1. The normalized spacial score (nSPS) is 14.9. The fourth-order valence-corrected chi connectivity index (χ4v) is 2.56. The number of carbonyl (C=O) groups excluding carboxylic acids is 1. The van der Waals surface area contributed by atoms with Gasteiger partial charge in [0.1, 0.15) is 5.69 Å². The molecule has 0 spiro atoms. The van der Waals surface area contributed by atoms with E-state index in [0.717, 1.165) is 32.8 Å². The van der Waals surface area contributed by atoms with Gasteiger partial charge in [-0.2, -0.15) is 0 Å². The molecule has 0 bridgehead atoms. The van der Waals surface area contributed by atoms with Crippen molar-refractivity contribution in [2.45, 2.75) is 6.54 Å². The number of carboxylic acids is 1. The third-order valence-electron chi connectivity index (χ3n) is 3.96. The highest BCUT2D eigenvalue weighted by Gasteiger charge is 2.12. The highest BCUT2D eigenvalue weighted by Crippen LogP contribution is 2.13. The number of anilines is 1. The molecule has 2 aromatic rings. The van der Waals surface area contributed by atoms with Gasteiger partial charge >= 0.3 is 5.97 Å². The molecular formula is C18H19N3O4. The number of hydrogen-bond donors (Lipinski definition) is 2. The van der Waals surface area contributed by atoms with E-state index < -0.39 is 5.97 Å². The minimum absolute atomic E-state index is 0.0454. The van der Waals surface area contributed by atoms with Crippen LogP contribution in [0, 0.1) is 0 Å². The number of carbonyl (C=O) groups is 2. The van der Waals surface area contributed by atoms with E-state index in [4.69, 9.17) is 9.84 Å². The Labute approximate surface area is 145 Å². The van der Waals surface area contributed by atoms with Gasteiger partial charge in [-0.15, -0.1) is 0 Å². The van der Waals surface area contributed by atoms with Gasteiger partial charge in [0.25, 0.3) is 5.91 Å². The summed E-state index contributed by atoms with van der Waals surface area (Å²) < 4.78 is 5.34. The third kappa shape index (κ3) is 4.62. The Morgan fingerprint density at radius 2 is 1.84 bits per heavy atom. The standard InChI is InChI=1S/C18H19N3O4/c22-17(16-6-3-14(11-19-16)18(23)24)20-15-4-1-13(2-5-15)12-21-7-9-25-10-8-21/h1-6,11H,7-10,12H2,(H,20,22)(H,23,24). The van der Waals surface area contributed by atoms with Crippen LogP contribution in [0.2, 0.25) is 0 Å². The van der Waals surface area contributed by atoms with E-state index in [0.29, 0.717) is 5.69 Å². The Balaban J connectivity index is 1.58. The lowest BCUT2D eigenvalue weighted by Crippen LogP contribution is -2.35. The van der Waals surface area contributed by atoms with Crippen LogP contribution in [0.3, 0.4) is 0 Å². The van der Waals surface area contributed by atoms with Crippen molar-refractivity contribution in [2.75, 3.05) is 31.6 Å². The Morgan fingerprint density at radius 1 is 1.12 bits per heavy atom. The summed E-state index contributed by atoms with van der Waals surface area (Å²) in [5.41, 5.74) is 2.05. The molecular weight excluding hydrogens is 322 g/mol. The molecule has 1 fully saturated rings. The number of amides is 1. The average Bonchev–Trinajstić information content (AvgIpc) is 2.64. The van der Waals surface area contributed by atoms with Crippen molar-refractivity contribution in [1.29, 1.82) is 0 Å². The zero-order valence-electron chi connectivity index (χ0n) is 13.6. The Morgan fingerprint density at radius 3 is 2.44 bits per heavy atom. The second kappa shape index (κ2) is 7.87. The summed E-state index contributed by atoms with van der Waals surface area (Å²) >= 11 is 0. The van der Waals surface area contributed by atoms with Gasteiger partial charge in [-0.3, -0.25) is 14.7 Å². The molecule has 3 rings (SSSR count). The highest BCUT2D eigenvalue weighted by atomic mass is 16.5. The predicted molar refractivity (Wildman–Crippen MR) is 91.7 cm³/mol. The van der Waals surface area contributed by atoms with Crippen LogP contribution in [-0.4, -0.2) is 53.2 Å². The summed E-state index contributed by atoms with van der Waals surface area (Å²) in [6.45, 7) is 4.24. The van der Waals surface area contributed by atoms with Crippen LogP contribution in [0.1, 0.15) is 26.4 Å². The van der Waals surface area contributed by atoms with Crippen molar-refractivity contribution in [3.8, 4) is 0 Å². The molecule has 0 unspecified atom stereocenters. The van der Waals surface area contributed by atoms with Crippen molar-refractivity contribution in [2.24, 2.45) is 0 Å². The molecule has 7 nitrogen and oxygen atoms in total. The van der Waals surface area contributed by atoms with Crippen molar-refractivity contribution < 1.29 is 19.4 Å². The van der Waals surface area contributed by atoms with E-state index in [2.05, 4.69) is 15.2 Å². The molecule has 0 saturated carbocycles. The number of ether oxygens (including phenoxy) is 1. The van der Waals surface area contributed by atoms with E-state index in [-0.39, 0.29) is 17.2 Å². The van der Waals surface area contributed by atoms with Gasteiger partial charge in [-0.25, -0.2) is 4.79 Å². The lowest BCUT2D eigenvalue weighted by atomic mass is 10.2. The fraction of sp³-hybridized carbons (Fsp3) is 0.278. The Kier molecular flexibility index (Phi) is 5.37. The number of benzene rings is 1. The van der Waals surface area contributed by atoms with Gasteiger partial charge < -0.3 is 15.2 Å². The van der Waals surface area contributed by atoms with Gasteiger partial charge in [0.2, 0.25) is 0 Å². The Bertz CT molecular complexity index is 738. The molecule has 1 amide bonds. The number of rotatable bonds is 5. The van der Waals surface area contributed by atoms with Crippen LogP contribution in [0.25, 0.3) is 0 Å². The first-order chi connectivity index (χ1) is 12.1. The van der Waals surface area contributed by atoms with Crippen LogP contribution in [0.15, 0.2) is 42.6 Å². The Hall–Kier alpha value is -2.77. The molecule has 2 N–H and O–H groups in total. The number of carboxylic acid groups (broad SMARTS) is 1. The van der Waals surface area contributed by atoms with Crippen LogP contribution < -0.4 is 5.32 Å². The summed E-state index contributed by atoms with van der Waals surface area (Å²) in [4.78, 5) is 29.2. The molecule has 1 aromatic heterocycles. The van der Waals surface area contributed by atoms with Gasteiger partial charge in [-0.1, -0.05) is 12.1 Å². The minimum Gasteiger partial charge on any atom is -0.478 e. The van der Waals surface area contributed by atoms with Crippen molar-refractivity contribution in [3.63, 3.8) is 0 Å². The van der Waals surface area contributed by atoms with E-state index in [9.17, 15) is 9.59 Å². The molecule has 1 aliphatic rings. The average molecular weight is 341 g/mol. The molecule has 2 heterocycles. The lowest BCUT2D eigenvalue weighted by Gasteiger charge is -2.26. The number of aromatic carboxylic acids is 1. The van der Waals surface area contributed by atoms with Crippen molar-refractivity contribution in [3.05, 3.63) is 59.4 Å². The largest absolute Gasteiger partial charge is 0.478 e. The van der Waals surface area contributed by atoms with Crippen LogP contribution in [-0.2, 0) is 11.3 Å². The van der Waals surface area contributed by atoms with Crippen molar-refractivity contribution in [1.82, 2.24) is 9.88 Å². The zero-order valence-corrected chi connectivity index (χ0v) is 13.6. The predicted octanol–water partition coefficient (Wildman–Crippen LogP) is 1.86. The topological polar surface area (TPSA) is 91.8 Å². The lowest BCUT2D eigenvalue weighted by molar-refractivity contribution is 0.0342. The number of nitrogens with one attached hydrogen (secondary N) is 1. The molecule has 0 radical (unpaired) electrons. The quantitative estimate of drug-likeness (QED) is 0.862. The summed E-state index contributed by atoms with van der Waals surface area (Å²) in [6, 6.07) is 10.4. The molecule has 130 valence electrons. The maximum absolute atomic E-state index is 12.2. The zero-order chi connectivity index (χ0) is 17.6. The van der Waals surface area contributed by atoms with E-state index in [1.165, 1.54) is 23.9 Å². The molecule has 1 saturated heterocycles. The summed E-state index contributed by atoms with van der Waals surface area (Å²) in [6.07, 6.45) is 1.17.